The maximum absolute atomic E-state index is 13.1. The molecule has 0 spiro atoms. The van der Waals surface area contributed by atoms with E-state index in [9.17, 15) is 18.5 Å². The molecule has 0 aliphatic heterocycles. The minimum atomic E-state index is -3.96. The predicted octanol–water partition coefficient (Wildman–Crippen LogP) is 4.19. The molecule has 0 atom stereocenters. The lowest BCUT2D eigenvalue weighted by atomic mass is 10.1. The summed E-state index contributed by atoms with van der Waals surface area (Å²) in [5.74, 6) is 0.831. The fourth-order valence-corrected chi connectivity index (χ4v) is 4.29. The third kappa shape index (κ3) is 4.89. The third-order valence-electron chi connectivity index (χ3n) is 4.57. The van der Waals surface area contributed by atoms with Crippen LogP contribution in [0.2, 0.25) is 0 Å². The van der Waals surface area contributed by atoms with E-state index in [1.54, 1.807) is 25.1 Å². The molecule has 3 aromatic rings. The van der Waals surface area contributed by atoms with Gasteiger partial charge in [0.05, 0.1) is 29.7 Å². The van der Waals surface area contributed by atoms with Crippen molar-refractivity contribution in [2.75, 3.05) is 18.9 Å². The summed E-state index contributed by atoms with van der Waals surface area (Å²) in [6, 6.07) is 9.48. The van der Waals surface area contributed by atoms with Crippen molar-refractivity contribution in [3.63, 3.8) is 0 Å². The first-order chi connectivity index (χ1) is 15.1. The molecule has 0 amide bonds. The summed E-state index contributed by atoms with van der Waals surface area (Å²) in [4.78, 5) is 10.6. The Kier molecular flexibility index (Phi) is 6.49. The Labute approximate surface area is 184 Å². The molecule has 10 nitrogen and oxygen atoms in total. The molecule has 11 heteroatoms. The van der Waals surface area contributed by atoms with E-state index in [2.05, 4.69) is 9.88 Å². The van der Waals surface area contributed by atoms with Gasteiger partial charge in [-0.1, -0.05) is 23.4 Å². The molecule has 0 saturated heterocycles. The molecule has 0 unspecified atom stereocenters. The molecule has 1 aromatic heterocycles. The van der Waals surface area contributed by atoms with Crippen LogP contribution in [-0.2, 0) is 10.0 Å². The number of benzene rings is 2. The maximum atomic E-state index is 13.1. The first kappa shape index (κ1) is 22.8. The van der Waals surface area contributed by atoms with Crippen molar-refractivity contribution < 1.29 is 27.3 Å². The third-order valence-corrected chi connectivity index (χ3v) is 6.10. The Morgan fingerprint density at radius 2 is 1.72 bits per heavy atom. The summed E-state index contributed by atoms with van der Waals surface area (Å²) in [6.07, 6.45) is 2.89. The number of aromatic nitrogens is 1. The van der Waals surface area contributed by atoms with Gasteiger partial charge >= 0.3 is 5.69 Å². The van der Waals surface area contributed by atoms with E-state index in [-0.39, 0.29) is 27.7 Å². The van der Waals surface area contributed by atoms with Crippen LogP contribution >= 0.6 is 0 Å². The predicted molar refractivity (Wildman–Crippen MR) is 118 cm³/mol. The first-order valence-corrected chi connectivity index (χ1v) is 10.8. The van der Waals surface area contributed by atoms with Crippen LogP contribution in [0.1, 0.15) is 22.6 Å². The van der Waals surface area contributed by atoms with Gasteiger partial charge in [-0.05, 0) is 37.1 Å². The Hall–Kier alpha value is -3.86. The number of nitro groups is 1. The van der Waals surface area contributed by atoms with Crippen molar-refractivity contribution in [3.05, 3.63) is 69.1 Å². The molecule has 0 radical (unpaired) electrons. The van der Waals surface area contributed by atoms with Crippen LogP contribution < -0.4 is 14.2 Å². The quantitative estimate of drug-likeness (QED) is 0.391. The minimum Gasteiger partial charge on any atom is -0.497 e. The van der Waals surface area contributed by atoms with Crippen LogP contribution in [0.3, 0.4) is 0 Å². The number of methoxy groups -OCH3 is 2. The number of nitrogens with zero attached hydrogens (tertiary/aromatic N) is 2. The van der Waals surface area contributed by atoms with Crippen molar-refractivity contribution >= 4 is 33.6 Å². The van der Waals surface area contributed by atoms with E-state index in [0.29, 0.717) is 22.6 Å². The summed E-state index contributed by atoms with van der Waals surface area (Å²) in [6.45, 7) is 3.13. The molecule has 1 heterocycles. The van der Waals surface area contributed by atoms with Crippen LogP contribution in [0.25, 0.3) is 12.2 Å². The highest BCUT2D eigenvalue weighted by molar-refractivity contribution is 7.92. The lowest BCUT2D eigenvalue weighted by Crippen LogP contribution is -2.14. The highest BCUT2D eigenvalue weighted by atomic mass is 32.2. The van der Waals surface area contributed by atoms with Crippen molar-refractivity contribution in [2.24, 2.45) is 0 Å². The molecule has 0 fully saturated rings. The van der Waals surface area contributed by atoms with Crippen molar-refractivity contribution in [3.8, 4) is 11.5 Å². The number of sulfonamides is 1. The largest absolute Gasteiger partial charge is 0.497 e. The van der Waals surface area contributed by atoms with Gasteiger partial charge in [0.2, 0.25) is 5.76 Å². The van der Waals surface area contributed by atoms with Crippen molar-refractivity contribution in [1.29, 1.82) is 0 Å². The van der Waals surface area contributed by atoms with Gasteiger partial charge in [-0.15, -0.1) is 0 Å². The second-order valence-corrected chi connectivity index (χ2v) is 8.45. The monoisotopic (exact) mass is 459 g/mol. The molecule has 3 rings (SSSR count). The SMILES string of the molecule is COc1cc(NS(=O)(=O)c2cc(C=Cc3onc(C)c3[N+](=O)[O-])ccc2C)cc(OC)c1. The minimum absolute atomic E-state index is 0.0286. The molecule has 168 valence electrons. The highest BCUT2D eigenvalue weighted by Crippen LogP contribution is 2.29. The van der Waals surface area contributed by atoms with E-state index in [4.69, 9.17) is 14.0 Å². The first-order valence-electron chi connectivity index (χ1n) is 9.30. The lowest BCUT2D eigenvalue weighted by molar-refractivity contribution is -0.386. The van der Waals surface area contributed by atoms with E-state index < -0.39 is 14.9 Å². The Morgan fingerprint density at radius 1 is 1.06 bits per heavy atom. The summed E-state index contributed by atoms with van der Waals surface area (Å²) in [5.41, 5.74) is 1.21. The molecule has 0 saturated carbocycles. The zero-order valence-electron chi connectivity index (χ0n) is 17.8. The van der Waals surface area contributed by atoms with Crippen molar-refractivity contribution in [1.82, 2.24) is 5.16 Å². The normalized spacial score (nSPS) is 11.5. The summed E-state index contributed by atoms with van der Waals surface area (Å²) >= 11 is 0. The summed E-state index contributed by atoms with van der Waals surface area (Å²) in [7, 11) is -1.02. The lowest BCUT2D eigenvalue weighted by Gasteiger charge is -2.13. The highest BCUT2D eigenvalue weighted by Gasteiger charge is 2.22. The number of anilines is 1. The number of hydrogen-bond donors (Lipinski definition) is 1. The molecule has 0 aliphatic rings. The van der Waals surface area contributed by atoms with Gasteiger partial charge in [-0.25, -0.2) is 8.42 Å². The Balaban J connectivity index is 1.94. The van der Waals surface area contributed by atoms with Gasteiger partial charge in [0.1, 0.15) is 11.5 Å². The van der Waals surface area contributed by atoms with E-state index in [1.165, 1.54) is 51.5 Å². The summed E-state index contributed by atoms with van der Waals surface area (Å²) in [5, 5.41) is 14.8. The Morgan fingerprint density at radius 3 is 2.31 bits per heavy atom. The van der Waals surface area contributed by atoms with Crippen LogP contribution in [0.15, 0.2) is 45.8 Å². The number of hydrogen-bond acceptors (Lipinski definition) is 8. The molecule has 0 aliphatic carbocycles. The smallest absolute Gasteiger partial charge is 0.338 e. The molecule has 2 aromatic carbocycles. The zero-order chi connectivity index (χ0) is 23.5. The molecule has 0 bridgehead atoms. The molecular weight excluding hydrogens is 438 g/mol. The Bertz CT molecular complexity index is 1270. The maximum Gasteiger partial charge on any atom is 0.338 e. The van der Waals surface area contributed by atoms with E-state index in [1.807, 2.05) is 0 Å². The van der Waals surface area contributed by atoms with Gasteiger partial charge in [0.15, 0.2) is 5.69 Å². The van der Waals surface area contributed by atoms with E-state index >= 15 is 0 Å². The fraction of sp³-hybridized carbons (Fsp3) is 0.190. The molecular formula is C21H21N3O7S. The van der Waals surface area contributed by atoms with Gasteiger partial charge < -0.3 is 14.0 Å². The van der Waals surface area contributed by atoms with Gasteiger partial charge in [-0.2, -0.15) is 0 Å². The molecule has 1 N–H and O–H groups in total. The number of ether oxygens (including phenoxy) is 2. The summed E-state index contributed by atoms with van der Waals surface area (Å²) < 4.78 is 44.0. The van der Waals surface area contributed by atoms with Crippen LogP contribution in [0.4, 0.5) is 11.4 Å². The molecule has 32 heavy (non-hydrogen) atoms. The van der Waals surface area contributed by atoms with Gasteiger partial charge in [-0.3, -0.25) is 14.8 Å². The average molecular weight is 459 g/mol. The topological polar surface area (TPSA) is 134 Å². The number of aryl methyl sites for hydroxylation is 2. The van der Waals surface area contributed by atoms with Gasteiger partial charge in [0.25, 0.3) is 10.0 Å². The number of nitrogens with one attached hydrogen (secondary N) is 1. The van der Waals surface area contributed by atoms with E-state index in [0.717, 1.165) is 0 Å². The zero-order valence-corrected chi connectivity index (χ0v) is 18.6. The van der Waals surface area contributed by atoms with Crippen LogP contribution in [0.5, 0.6) is 11.5 Å². The average Bonchev–Trinajstić information content (AvgIpc) is 3.12. The second kappa shape index (κ2) is 9.10. The van der Waals surface area contributed by atoms with Crippen LogP contribution in [0, 0.1) is 24.0 Å². The number of rotatable bonds is 8. The van der Waals surface area contributed by atoms with Gasteiger partial charge in [0, 0.05) is 18.2 Å². The second-order valence-electron chi connectivity index (χ2n) is 6.80. The fourth-order valence-electron chi connectivity index (χ4n) is 2.97. The standard InChI is InChI=1S/C21H21N3O7S/c1-13-5-6-15(7-8-19-21(24(25)26)14(2)22-31-19)9-20(13)32(27,28)23-16-10-17(29-3)12-18(11-16)30-4/h5-12,23H,1-4H3. The van der Waals surface area contributed by atoms with Crippen molar-refractivity contribution in [2.45, 2.75) is 18.7 Å². The van der Waals surface area contributed by atoms with Crippen LogP contribution in [-0.4, -0.2) is 32.7 Å².